The Kier molecular flexibility index (Phi) is 6.77. The lowest BCUT2D eigenvalue weighted by Crippen LogP contribution is -2.63. The Balaban J connectivity index is 1.53. The van der Waals surface area contributed by atoms with E-state index in [4.69, 9.17) is 0 Å². The zero-order valence-electron chi connectivity index (χ0n) is 22.4. The number of rotatable bonds is 7. The minimum absolute atomic E-state index is 0.0303. The number of fused-ring (bicyclic) bond motifs is 1. The minimum atomic E-state index is -5.15. The molecule has 38 heavy (non-hydrogen) atoms. The zero-order valence-corrected chi connectivity index (χ0v) is 22.4. The molecule has 0 aromatic rings. The average Bonchev–Trinajstić information content (AvgIpc) is 3.07. The van der Waals surface area contributed by atoms with Crippen molar-refractivity contribution in [1.82, 2.24) is 20.9 Å². The fourth-order valence-electron chi connectivity index (χ4n) is 6.82. The summed E-state index contributed by atoms with van der Waals surface area (Å²) in [5.74, 6) is -4.37. The molecule has 0 aromatic carbocycles. The van der Waals surface area contributed by atoms with Crippen LogP contribution < -0.4 is 16.0 Å². The average molecular weight is 540 g/mol. The van der Waals surface area contributed by atoms with E-state index in [-0.39, 0.29) is 36.1 Å². The lowest BCUT2D eigenvalue weighted by molar-refractivity contribution is -0.177. The summed E-state index contributed by atoms with van der Waals surface area (Å²) < 4.78 is 39.3. The fraction of sp³-hybridized carbons (Fsp3) is 0.808. The van der Waals surface area contributed by atoms with Gasteiger partial charge in [-0.25, -0.2) is 0 Å². The number of amides is 4. The molecule has 210 valence electrons. The number of hydrogen-bond donors (Lipinski definition) is 3. The molecule has 0 aromatic heterocycles. The van der Waals surface area contributed by atoms with Crippen LogP contribution in [0.4, 0.5) is 13.2 Å². The highest BCUT2D eigenvalue weighted by Gasteiger charge is 2.70. The van der Waals surface area contributed by atoms with Crippen LogP contribution in [-0.2, 0) is 19.2 Å². The first-order valence-electron chi connectivity index (χ1n) is 13.1. The van der Waals surface area contributed by atoms with Crippen LogP contribution in [0.25, 0.3) is 0 Å². The van der Waals surface area contributed by atoms with Crippen molar-refractivity contribution in [3.05, 3.63) is 0 Å². The monoisotopic (exact) mass is 539 g/mol. The molecule has 2 heterocycles. The number of carbonyl (C=O) groups excluding carboxylic acids is 4. The Morgan fingerprint density at radius 3 is 2.26 bits per heavy atom. The van der Waals surface area contributed by atoms with Gasteiger partial charge in [0.1, 0.15) is 18.1 Å². The number of alkyl halides is 3. The highest BCUT2D eigenvalue weighted by molar-refractivity contribution is 5.95. The van der Waals surface area contributed by atoms with Crippen molar-refractivity contribution in [2.24, 2.45) is 28.6 Å². The molecule has 9 nitrogen and oxygen atoms in total. The highest BCUT2D eigenvalue weighted by atomic mass is 19.4. The Labute approximate surface area is 220 Å². The highest BCUT2D eigenvalue weighted by Crippen LogP contribution is 2.65. The summed E-state index contributed by atoms with van der Waals surface area (Å²) in [4.78, 5) is 52.7. The largest absolute Gasteiger partial charge is 0.471 e. The van der Waals surface area contributed by atoms with Gasteiger partial charge in [0, 0.05) is 18.0 Å². The van der Waals surface area contributed by atoms with E-state index in [1.807, 2.05) is 39.1 Å². The maximum atomic E-state index is 13.7. The summed E-state index contributed by atoms with van der Waals surface area (Å²) in [6, 6.07) is -1.35. The van der Waals surface area contributed by atoms with Gasteiger partial charge in [-0.2, -0.15) is 18.4 Å². The van der Waals surface area contributed by atoms with Crippen LogP contribution in [-0.4, -0.2) is 64.9 Å². The lowest BCUT2D eigenvalue weighted by Gasteiger charge is -2.46. The summed E-state index contributed by atoms with van der Waals surface area (Å²) in [5.41, 5.74) is -1.53. The maximum absolute atomic E-state index is 13.7. The molecular formula is C26H36F3N5O4. The second-order valence-corrected chi connectivity index (χ2v) is 13.0. The SMILES string of the molecule is CC1(C)C[C@@H](C[C@@H](C#N)NC(=O)[C@@H]2[C@@H]3[C@H](CN2C(=O)[C@@H](NC(=O)C(F)(F)F)C2(C)CCC2)C3(C)C)C(=O)N1. The fourth-order valence-corrected chi connectivity index (χ4v) is 6.82. The van der Waals surface area contributed by atoms with Gasteiger partial charge in [0.15, 0.2) is 0 Å². The van der Waals surface area contributed by atoms with Gasteiger partial charge >= 0.3 is 12.1 Å². The van der Waals surface area contributed by atoms with Crippen molar-refractivity contribution in [2.75, 3.05) is 6.54 Å². The molecule has 2 aliphatic heterocycles. The molecule has 0 spiro atoms. The van der Waals surface area contributed by atoms with E-state index in [2.05, 4.69) is 10.6 Å². The van der Waals surface area contributed by atoms with Crippen molar-refractivity contribution in [3.63, 3.8) is 0 Å². The Morgan fingerprint density at radius 1 is 1.16 bits per heavy atom. The number of hydrogen-bond acceptors (Lipinski definition) is 5. The molecule has 3 N–H and O–H groups in total. The van der Waals surface area contributed by atoms with Gasteiger partial charge in [-0.3, -0.25) is 19.2 Å². The van der Waals surface area contributed by atoms with Gasteiger partial charge in [-0.1, -0.05) is 27.2 Å². The lowest BCUT2D eigenvalue weighted by atomic mass is 9.65. The van der Waals surface area contributed by atoms with Crippen molar-refractivity contribution in [2.45, 2.75) is 96.6 Å². The maximum Gasteiger partial charge on any atom is 0.471 e. The molecule has 0 bridgehead atoms. The van der Waals surface area contributed by atoms with Crippen LogP contribution >= 0.6 is 0 Å². The van der Waals surface area contributed by atoms with Crippen LogP contribution in [0.2, 0.25) is 0 Å². The zero-order chi connectivity index (χ0) is 28.4. The molecule has 0 radical (unpaired) electrons. The minimum Gasteiger partial charge on any atom is -0.351 e. The molecule has 4 aliphatic rings. The number of halogens is 3. The topological polar surface area (TPSA) is 131 Å². The smallest absolute Gasteiger partial charge is 0.351 e. The van der Waals surface area contributed by atoms with Crippen molar-refractivity contribution in [3.8, 4) is 6.07 Å². The van der Waals surface area contributed by atoms with Crippen LogP contribution in [0.3, 0.4) is 0 Å². The molecule has 12 heteroatoms. The third-order valence-corrected chi connectivity index (χ3v) is 9.31. The van der Waals surface area contributed by atoms with E-state index in [0.717, 1.165) is 6.42 Å². The molecule has 6 atom stereocenters. The van der Waals surface area contributed by atoms with Gasteiger partial charge in [0.2, 0.25) is 17.7 Å². The van der Waals surface area contributed by atoms with E-state index in [9.17, 15) is 37.6 Å². The second kappa shape index (κ2) is 9.12. The quantitative estimate of drug-likeness (QED) is 0.456. The predicted molar refractivity (Wildman–Crippen MR) is 129 cm³/mol. The first-order chi connectivity index (χ1) is 17.4. The molecule has 4 rings (SSSR count). The predicted octanol–water partition coefficient (Wildman–Crippen LogP) is 2.02. The van der Waals surface area contributed by atoms with E-state index >= 15 is 0 Å². The molecule has 4 fully saturated rings. The van der Waals surface area contributed by atoms with Crippen LogP contribution in [0.5, 0.6) is 0 Å². The summed E-state index contributed by atoms with van der Waals surface area (Å²) in [5, 5.41) is 17.2. The number of nitrogens with one attached hydrogen (secondary N) is 3. The van der Waals surface area contributed by atoms with Gasteiger partial charge < -0.3 is 20.9 Å². The number of nitrogens with zero attached hydrogens (tertiary/aromatic N) is 2. The summed E-state index contributed by atoms with van der Waals surface area (Å²) >= 11 is 0. The first kappa shape index (κ1) is 28.2. The number of piperidine rings is 1. The molecule has 4 amide bonds. The van der Waals surface area contributed by atoms with Crippen molar-refractivity contribution < 1.29 is 32.3 Å². The van der Waals surface area contributed by atoms with Crippen molar-refractivity contribution in [1.29, 1.82) is 5.26 Å². The van der Waals surface area contributed by atoms with Gasteiger partial charge in [0.25, 0.3) is 0 Å². The number of likely N-dealkylation sites (tertiary alicyclic amines) is 1. The Hall–Kier alpha value is -2.84. The van der Waals surface area contributed by atoms with E-state index in [1.54, 1.807) is 6.92 Å². The van der Waals surface area contributed by atoms with Gasteiger partial charge in [-0.15, -0.1) is 0 Å². The third kappa shape index (κ3) is 4.96. The molecular weight excluding hydrogens is 503 g/mol. The number of nitriles is 1. The van der Waals surface area contributed by atoms with Crippen LogP contribution in [0, 0.1) is 39.9 Å². The van der Waals surface area contributed by atoms with E-state index in [0.29, 0.717) is 19.3 Å². The molecule has 2 saturated heterocycles. The first-order valence-corrected chi connectivity index (χ1v) is 13.1. The van der Waals surface area contributed by atoms with Crippen LogP contribution in [0.15, 0.2) is 0 Å². The van der Waals surface area contributed by atoms with Gasteiger partial charge in [-0.05, 0) is 62.2 Å². The Bertz CT molecular complexity index is 1080. The van der Waals surface area contributed by atoms with Crippen LogP contribution in [0.1, 0.15) is 66.7 Å². The molecule has 2 saturated carbocycles. The summed E-state index contributed by atoms with van der Waals surface area (Å²) in [6.07, 6.45) is -2.87. The molecule has 0 unspecified atom stereocenters. The molecule has 2 aliphatic carbocycles. The summed E-state index contributed by atoms with van der Waals surface area (Å²) in [7, 11) is 0. The van der Waals surface area contributed by atoms with Gasteiger partial charge in [0.05, 0.1) is 6.07 Å². The van der Waals surface area contributed by atoms with Crippen molar-refractivity contribution >= 4 is 23.6 Å². The Morgan fingerprint density at radius 2 is 1.79 bits per heavy atom. The standard InChI is InChI=1S/C26H36F3N5O4/c1-23(2)10-13(19(35)33-23)9-14(11-30)31-20(36)17-16-15(24(16,3)4)12-34(17)21(37)18(25(5)7-6-8-25)32-22(38)26(27,28)29/h13-18H,6-10,12H2,1-5H3,(H,31,36)(H,32,38)(H,33,35)/t13-,14+,15+,16+,17+,18-/m1/s1. The summed E-state index contributed by atoms with van der Waals surface area (Å²) in [6.45, 7) is 9.53. The number of carbonyl (C=O) groups is 4. The third-order valence-electron chi connectivity index (χ3n) is 9.31. The normalized spacial score (nSPS) is 31.7. The van der Waals surface area contributed by atoms with E-state index < -0.39 is 58.9 Å². The van der Waals surface area contributed by atoms with E-state index in [1.165, 1.54) is 4.90 Å². The second-order valence-electron chi connectivity index (χ2n) is 13.0.